The Bertz CT molecular complexity index is 926. The summed E-state index contributed by atoms with van der Waals surface area (Å²) in [6, 6.07) is 1.97. The van der Waals surface area contributed by atoms with Gasteiger partial charge in [0.1, 0.15) is 4.88 Å². The standard InChI is InChI=1S/C16H17N5OS/c1-9-6-14-17-7-12-8-20(5-4-13(12)21(14)19-9)16(22)15-10(2)18-11(3)23-15/h6-7H,4-5,8H2,1-3H3. The maximum absolute atomic E-state index is 12.8. The van der Waals surface area contributed by atoms with Crippen molar-refractivity contribution >= 4 is 22.9 Å². The SMILES string of the molecule is Cc1cc2ncc3c(n2n1)CCN(C(=O)c1sc(C)nc1C)C3. The van der Waals surface area contributed by atoms with Crippen LogP contribution in [-0.4, -0.2) is 36.9 Å². The van der Waals surface area contributed by atoms with Crippen LogP contribution in [-0.2, 0) is 13.0 Å². The third-order valence-corrected chi connectivity index (χ3v) is 5.22. The summed E-state index contributed by atoms with van der Waals surface area (Å²) in [6.45, 7) is 7.06. The number of hydrogen-bond donors (Lipinski definition) is 0. The normalized spacial score (nSPS) is 14.3. The highest BCUT2D eigenvalue weighted by atomic mass is 32.1. The molecule has 3 aromatic heterocycles. The zero-order chi connectivity index (χ0) is 16.1. The van der Waals surface area contributed by atoms with Crippen LogP contribution < -0.4 is 0 Å². The van der Waals surface area contributed by atoms with Crippen LogP contribution in [0.5, 0.6) is 0 Å². The number of carbonyl (C=O) groups excluding carboxylic acids is 1. The van der Waals surface area contributed by atoms with Gasteiger partial charge in [0, 0.05) is 37.3 Å². The van der Waals surface area contributed by atoms with Crippen molar-refractivity contribution in [3.05, 3.63) is 44.8 Å². The summed E-state index contributed by atoms with van der Waals surface area (Å²) in [7, 11) is 0. The first kappa shape index (κ1) is 14.3. The fraction of sp³-hybridized carbons (Fsp3) is 0.375. The fourth-order valence-corrected chi connectivity index (χ4v) is 3.99. The maximum Gasteiger partial charge on any atom is 0.266 e. The van der Waals surface area contributed by atoms with Gasteiger partial charge in [-0.05, 0) is 20.8 Å². The summed E-state index contributed by atoms with van der Waals surface area (Å²) in [6.07, 6.45) is 2.66. The lowest BCUT2D eigenvalue weighted by molar-refractivity contribution is 0.0736. The number of amides is 1. The number of rotatable bonds is 1. The molecular formula is C16H17N5OS. The Labute approximate surface area is 137 Å². The van der Waals surface area contributed by atoms with Gasteiger partial charge in [0.05, 0.1) is 22.1 Å². The average Bonchev–Trinajstić information content (AvgIpc) is 3.07. The van der Waals surface area contributed by atoms with Crippen molar-refractivity contribution in [2.75, 3.05) is 6.54 Å². The van der Waals surface area contributed by atoms with Crippen LogP contribution in [0.4, 0.5) is 0 Å². The van der Waals surface area contributed by atoms with Gasteiger partial charge in [-0.2, -0.15) is 5.10 Å². The molecule has 0 spiro atoms. The van der Waals surface area contributed by atoms with Crippen molar-refractivity contribution < 1.29 is 4.79 Å². The largest absolute Gasteiger partial charge is 0.333 e. The van der Waals surface area contributed by atoms with Crippen LogP contribution >= 0.6 is 11.3 Å². The second-order valence-electron chi connectivity index (χ2n) is 5.91. The summed E-state index contributed by atoms with van der Waals surface area (Å²) in [4.78, 5) is 24.2. The Hall–Kier alpha value is -2.28. The van der Waals surface area contributed by atoms with E-state index in [9.17, 15) is 4.79 Å². The summed E-state index contributed by atoms with van der Waals surface area (Å²) in [5.74, 6) is 0.0653. The van der Waals surface area contributed by atoms with Gasteiger partial charge in [0.25, 0.3) is 5.91 Å². The molecule has 0 radical (unpaired) electrons. The van der Waals surface area contributed by atoms with Gasteiger partial charge in [0.15, 0.2) is 5.65 Å². The average molecular weight is 327 g/mol. The lowest BCUT2D eigenvalue weighted by atomic mass is 10.1. The number of aromatic nitrogens is 4. The molecule has 118 valence electrons. The van der Waals surface area contributed by atoms with Crippen LogP contribution in [0.1, 0.15) is 37.3 Å². The molecule has 0 aliphatic carbocycles. The topological polar surface area (TPSA) is 63.4 Å². The van der Waals surface area contributed by atoms with E-state index < -0.39 is 0 Å². The highest BCUT2D eigenvalue weighted by Gasteiger charge is 2.26. The molecule has 4 rings (SSSR count). The van der Waals surface area contributed by atoms with Crippen molar-refractivity contribution in [3.8, 4) is 0 Å². The third-order valence-electron chi connectivity index (χ3n) is 4.16. The summed E-state index contributed by atoms with van der Waals surface area (Å²) in [5.41, 5.74) is 4.87. The number of thiazole rings is 1. The van der Waals surface area contributed by atoms with E-state index in [1.807, 2.05) is 42.4 Å². The van der Waals surface area contributed by atoms with Crippen LogP contribution in [0, 0.1) is 20.8 Å². The predicted octanol–water partition coefficient (Wildman–Crippen LogP) is 2.31. The second-order valence-corrected chi connectivity index (χ2v) is 7.11. The Morgan fingerprint density at radius 3 is 2.87 bits per heavy atom. The van der Waals surface area contributed by atoms with Gasteiger partial charge in [-0.25, -0.2) is 14.5 Å². The number of fused-ring (bicyclic) bond motifs is 3. The van der Waals surface area contributed by atoms with E-state index in [-0.39, 0.29) is 5.91 Å². The van der Waals surface area contributed by atoms with Gasteiger partial charge in [-0.3, -0.25) is 4.79 Å². The molecule has 0 saturated heterocycles. The van der Waals surface area contributed by atoms with Gasteiger partial charge in [-0.15, -0.1) is 11.3 Å². The van der Waals surface area contributed by atoms with Crippen molar-refractivity contribution in [1.29, 1.82) is 0 Å². The van der Waals surface area contributed by atoms with E-state index in [0.717, 1.165) is 44.6 Å². The predicted molar refractivity (Wildman–Crippen MR) is 87.8 cm³/mol. The molecule has 23 heavy (non-hydrogen) atoms. The van der Waals surface area contributed by atoms with Crippen molar-refractivity contribution in [2.24, 2.45) is 0 Å². The minimum Gasteiger partial charge on any atom is -0.333 e. The molecule has 0 bridgehead atoms. The van der Waals surface area contributed by atoms with Crippen LogP contribution in [0.15, 0.2) is 12.3 Å². The molecule has 0 fully saturated rings. The van der Waals surface area contributed by atoms with Gasteiger partial charge in [-0.1, -0.05) is 0 Å². The zero-order valence-electron chi connectivity index (χ0n) is 13.3. The van der Waals surface area contributed by atoms with Gasteiger partial charge >= 0.3 is 0 Å². The van der Waals surface area contributed by atoms with E-state index in [1.165, 1.54) is 11.3 Å². The number of carbonyl (C=O) groups is 1. The first-order valence-electron chi connectivity index (χ1n) is 7.59. The minimum atomic E-state index is 0.0653. The molecule has 4 heterocycles. The molecule has 0 N–H and O–H groups in total. The lowest BCUT2D eigenvalue weighted by Gasteiger charge is -2.28. The quantitative estimate of drug-likeness (QED) is 0.688. The summed E-state index contributed by atoms with van der Waals surface area (Å²) < 4.78 is 1.91. The first-order chi connectivity index (χ1) is 11.0. The van der Waals surface area contributed by atoms with E-state index in [4.69, 9.17) is 0 Å². The minimum absolute atomic E-state index is 0.0653. The monoisotopic (exact) mass is 327 g/mol. The third kappa shape index (κ3) is 2.31. The maximum atomic E-state index is 12.8. The van der Waals surface area contributed by atoms with E-state index in [0.29, 0.717) is 13.1 Å². The van der Waals surface area contributed by atoms with Crippen LogP contribution in [0.2, 0.25) is 0 Å². The molecule has 3 aromatic rings. The second kappa shape index (κ2) is 5.13. The molecular weight excluding hydrogens is 310 g/mol. The molecule has 0 atom stereocenters. The number of hydrogen-bond acceptors (Lipinski definition) is 5. The Morgan fingerprint density at radius 1 is 1.30 bits per heavy atom. The van der Waals surface area contributed by atoms with E-state index >= 15 is 0 Å². The van der Waals surface area contributed by atoms with Gasteiger partial charge < -0.3 is 4.90 Å². The Kier molecular flexibility index (Phi) is 3.19. The molecule has 1 aliphatic rings. The number of nitrogens with zero attached hydrogens (tertiary/aromatic N) is 5. The first-order valence-corrected chi connectivity index (χ1v) is 8.41. The molecule has 0 unspecified atom stereocenters. The Morgan fingerprint density at radius 2 is 2.13 bits per heavy atom. The van der Waals surface area contributed by atoms with Crippen LogP contribution in [0.3, 0.4) is 0 Å². The van der Waals surface area contributed by atoms with Crippen molar-refractivity contribution in [1.82, 2.24) is 24.5 Å². The van der Waals surface area contributed by atoms with Crippen molar-refractivity contribution in [3.63, 3.8) is 0 Å². The van der Waals surface area contributed by atoms with Gasteiger partial charge in [0.2, 0.25) is 0 Å². The molecule has 0 aromatic carbocycles. The lowest BCUT2D eigenvalue weighted by Crippen LogP contribution is -2.37. The zero-order valence-corrected chi connectivity index (χ0v) is 14.1. The smallest absolute Gasteiger partial charge is 0.266 e. The molecule has 7 heteroatoms. The molecule has 6 nitrogen and oxygen atoms in total. The number of aryl methyl sites for hydroxylation is 3. The van der Waals surface area contributed by atoms with Crippen LogP contribution in [0.25, 0.3) is 5.65 Å². The highest BCUT2D eigenvalue weighted by molar-refractivity contribution is 7.13. The molecule has 0 saturated carbocycles. The molecule has 1 amide bonds. The summed E-state index contributed by atoms with van der Waals surface area (Å²) >= 11 is 1.47. The summed E-state index contributed by atoms with van der Waals surface area (Å²) in [5, 5.41) is 5.44. The van der Waals surface area contributed by atoms with Crippen molar-refractivity contribution in [2.45, 2.75) is 33.7 Å². The van der Waals surface area contributed by atoms with E-state index in [2.05, 4.69) is 15.1 Å². The fourth-order valence-electron chi connectivity index (χ4n) is 3.10. The molecule has 1 aliphatic heterocycles. The highest BCUT2D eigenvalue weighted by Crippen LogP contribution is 2.24. The van der Waals surface area contributed by atoms with E-state index in [1.54, 1.807) is 0 Å². The Balaban J connectivity index is 1.67.